The summed E-state index contributed by atoms with van der Waals surface area (Å²) in [5, 5.41) is 0. The van der Waals surface area contributed by atoms with E-state index in [1.54, 1.807) is 6.08 Å². The molecule has 1 atom stereocenters. The molecule has 0 aliphatic carbocycles. The maximum atomic E-state index is 5.81. The lowest BCUT2D eigenvalue weighted by Gasteiger charge is -2.12. The molecule has 0 fully saturated rings. The van der Waals surface area contributed by atoms with Crippen molar-refractivity contribution in [2.75, 3.05) is 0 Å². The molecule has 0 bridgehead atoms. The smallest absolute Gasteiger partial charge is 0.0262 e. The van der Waals surface area contributed by atoms with Crippen LogP contribution in [-0.2, 0) is 0 Å². The Hall–Kier alpha value is -1.34. The molecule has 0 spiro atoms. The van der Waals surface area contributed by atoms with E-state index in [1.807, 2.05) is 0 Å². The van der Waals surface area contributed by atoms with Gasteiger partial charge in [-0.15, -0.1) is 6.58 Å². The number of benzene rings is 1. The number of nitrogens with two attached hydrogens (primary N) is 1. The van der Waals surface area contributed by atoms with Crippen LogP contribution in [0.25, 0.3) is 5.57 Å². The van der Waals surface area contributed by atoms with Gasteiger partial charge in [-0.2, -0.15) is 0 Å². The van der Waals surface area contributed by atoms with Crippen LogP contribution >= 0.6 is 0 Å². The predicted octanol–water partition coefficient (Wildman–Crippen LogP) is 3.22. The Morgan fingerprint density at radius 1 is 1.47 bits per heavy atom. The normalized spacial score (nSPS) is 12.2. The first-order valence-electron chi connectivity index (χ1n) is 5.18. The third-order valence-corrected chi connectivity index (χ3v) is 2.55. The molecule has 80 valence electrons. The van der Waals surface area contributed by atoms with Gasteiger partial charge in [-0.25, -0.2) is 0 Å². The van der Waals surface area contributed by atoms with E-state index in [1.165, 1.54) is 16.7 Å². The summed E-state index contributed by atoms with van der Waals surface area (Å²) in [7, 11) is 0. The lowest BCUT2D eigenvalue weighted by molar-refractivity contribution is 0.848. The molecule has 15 heavy (non-hydrogen) atoms. The molecule has 0 aromatic heterocycles. The summed E-state index contributed by atoms with van der Waals surface area (Å²) in [5.74, 6) is 0. The van der Waals surface area contributed by atoms with Crippen LogP contribution in [0.15, 0.2) is 37.4 Å². The molecule has 0 aliphatic heterocycles. The molecular weight excluding hydrogens is 182 g/mol. The second-order valence-electron chi connectivity index (χ2n) is 4.03. The van der Waals surface area contributed by atoms with Crippen molar-refractivity contribution in [1.29, 1.82) is 0 Å². The van der Waals surface area contributed by atoms with Crippen molar-refractivity contribution in [3.8, 4) is 0 Å². The highest BCUT2D eigenvalue weighted by Gasteiger charge is 2.05. The van der Waals surface area contributed by atoms with E-state index < -0.39 is 0 Å². The fourth-order valence-electron chi connectivity index (χ4n) is 1.69. The zero-order valence-corrected chi connectivity index (χ0v) is 9.59. The van der Waals surface area contributed by atoms with Crippen LogP contribution in [-0.4, -0.2) is 6.04 Å². The Morgan fingerprint density at radius 3 is 2.67 bits per heavy atom. The van der Waals surface area contributed by atoms with Gasteiger partial charge < -0.3 is 5.73 Å². The average molecular weight is 201 g/mol. The molecule has 0 radical (unpaired) electrons. The third kappa shape index (κ3) is 3.07. The van der Waals surface area contributed by atoms with Crippen LogP contribution < -0.4 is 5.73 Å². The Morgan fingerprint density at radius 2 is 2.13 bits per heavy atom. The molecule has 1 aromatic rings. The highest BCUT2D eigenvalue weighted by Crippen LogP contribution is 2.22. The van der Waals surface area contributed by atoms with Gasteiger partial charge in [-0.05, 0) is 37.0 Å². The minimum atomic E-state index is -0.00166. The van der Waals surface area contributed by atoms with Crippen LogP contribution in [0.1, 0.15) is 23.1 Å². The number of aryl methyl sites for hydroxylation is 2. The van der Waals surface area contributed by atoms with Gasteiger partial charge >= 0.3 is 0 Å². The molecule has 1 aromatic carbocycles. The zero-order valence-electron chi connectivity index (χ0n) is 9.59. The van der Waals surface area contributed by atoms with Crippen molar-refractivity contribution in [3.05, 3.63) is 54.1 Å². The van der Waals surface area contributed by atoms with Gasteiger partial charge in [0.2, 0.25) is 0 Å². The van der Waals surface area contributed by atoms with Crippen molar-refractivity contribution in [2.45, 2.75) is 26.3 Å². The van der Waals surface area contributed by atoms with E-state index in [9.17, 15) is 0 Å². The topological polar surface area (TPSA) is 26.0 Å². The largest absolute Gasteiger partial charge is 0.324 e. The Kier molecular flexibility index (Phi) is 3.87. The highest BCUT2D eigenvalue weighted by atomic mass is 14.6. The molecule has 0 saturated heterocycles. The fraction of sp³-hybridized carbons (Fsp3) is 0.286. The van der Waals surface area contributed by atoms with E-state index in [-0.39, 0.29) is 6.04 Å². The fourth-order valence-corrected chi connectivity index (χ4v) is 1.69. The van der Waals surface area contributed by atoms with Gasteiger partial charge in [0.05, 0.1) is 0 Å². The molecule has 1 nitrogen and oxygen atoms in total. The minimum Gasteiger partial charge on any atom is -0.324 e. The first-order valence-corrected chi connectivity index (χ1v) is 5.18. The summed E-state index contributed by atoms with van der Waals surface area (Å²) in [6.45, 7) is 11.9. The van der Waals surface area contributed by atoms with Crippen molar-refractivity contribution >= 4 is 5.57 Å². The zero-order chi connectivity index (χ0) is 11.4. The number of hydrogen-bond acceptors (Lipinski definition) is 1. The van der Waals surface area contributed by atoms with Gasteiger partial charge in [0.25, 0.3) is 0 Å². The Bertz CT molecular complexity index is 377. The lowest BCUT2D eigenvalue weighted by Crippen LogP contribution is -2.16. The predicted molar refractivity (Wildman–Crippen MR) is 67.7 cm³/mol. The van der Waals surface area contributed by atoms with Crippen LogP contribution in [0.2, 0.25) is 0 Å². The minimum absolute atomic E-state index is 0.00166. The van der Waals surface area contributed by atoms with Crippen LogP contribution in [0.3, 0.4) is 0 Å². The first kappa shape index (κ1) is 11.7. The molecule has 1 rings (SSSR count). The van der Waals surface area contributed by atoms with Crippen molar-refractivity contribution in [2.24, 2.45) is 5.73 Å². The second-order valence-corrected chi connectivity index (χ2v) is 4.03. The van der Waals surface area contributed by atoms with Crippen LogP contribution in [0.4, 0.5) is 0 Å². The van der Waals surface area contributed by atoms with E-state index in [2.05, 4.69) is 45.2 Å². The molecule has 0 heterocycles. The summed E-state index contributed by atoms with van der Waals surface area (Å²) < 4.78 is 0. The summed E-state index contributed by atoms with van der Waals surface area (Å²) in [4.78, 5) is 0. The summed E-state index contributed by atoms with van der Waals surface area (Å²) in [6.07, 6.45) is 2.53. The summed E-state index contributed by atoms with van der Waals surface area (Å²) in [5.41, 5.74) is 10.6. The Balaban J connectivity index is 2.87. The highest BCUT2D eigenvalue weighted by molar-refractivity contribution is 5.67. The lowest BCUT2D eigenvalue weighted by atomic mass is 9.95. The standard InChI is InChI=1S/C14H19N/c1-5-13(15)9-12(4)14-7-6-10(2)8-11(14)3/h5-8,13H,1,4,9,15H2,2-3H3. The maximum Gasteiger partial charge on any atom is 0.0262 e. The first-order chi connectivity index (χ1) is 7.04. The number of rotatable bonds is 4. The number of hydrogen-bond donors (Lipinski definition) is 1. The molecule has 2 N–H and O–H groups in total. The van der Waals surface area contributed by atoms with Gasteiger partial charge in [-0.3, -0.25) is 0 Å². The van der Waals surface area contributed by atoms with Gasteiger partial charge in [0.15, 0.2) is 0 Å². The van der Waals surface area contributed by atoms with E-state index in [4.69, 9.17) is 5.73 Å². The van der Waals surface area contributed by atoms with E-state index >= 15 is 0 Å². The monoisotopic (exact) mass is 201 g/mol. The van der Waals surface area contributed by atoms with Gasteiger partial charge in [0.1, 0.15) is 0 Å². The van der Waals surface area contributed by atoms with Gasteiger partial charge in [0, 0.05) is 6.04 Å². The molecule has 0 saturated carbocycles. The van der Waals surface area contributed by atoms with E-state index in [0.29, 0.717) is 0 Å². The summed E-state index contributed by atoms with van der Waals surface area (Å²) in [6, 6.07) is 6.38. The van der Waals surface area contributed by atoms with Crippen LogP contribution in [0.5, 0.6) is 0 Å². The quantitative estimate of drug-likeness (QED) is 0.744. The van der Waals surface area contributed by atoms with Gasteiger partial charge in [-0.1, -0.05) is 36.4 Å². The Labute approximate surface area is 92.3 Å². The maximum absolute atomic E-state index is 5.81. The molecule has 0 amide bonds. The second kappa shape index (κ2) is 4.94. The van der Waals surface area contributed by atoms with Crippen molar-refractivity contribution in [1.82, 2.24) is 0 Å². The van der Waals surface area contributed by atoms with Crippen LogP contribution in [0, 0.1) is 13.8 Å². The molecule has 1 heteroatoms. The average Bonchev–Trinajstić information content (AvgIpc) is 2.17. The summed E-state index contributed by atoms with van der Waals surface area (Å²) >= 11 is 0. The molecular formula is C14H19N. The van der Waals surface area contributed by atoms with Crippen molar-refractivity contribution in [3.63, 3.8) is 0 Å². The third-order valence-electron chi connectivity index (χ3n) is 2.55. The SMILES string of the molecule is C=CC(N)CC(=C)c1ccc(C)cc1C. The molecule has 0 aliphatic rings. The van der Waals surface area contributed by atoms with E-state index in [0.717, 1.165) is 12.0 Å². The van der Waals surface area contributed by atoms with Crippen molar-refractivity contribution < 1.29 is 0 Å². The molecule has 1 unspecified atom stereocenters.